The van der Waals surface area contributed by atoms with Crippen LogP contribution in [0.5, 0.6) is 5.75 Å². The summed E-state index contributed by atoms with van der Waals surface area (Å²) >= 11 is 6.19. The molecule has 2 heterocycles. The summed E-state index contributed by atoms with van der Waals surface area (Å²) in [6, 6.07) is 7.55. The number of rotatable bonds is 4. The van der Waals surface area contributed by atoms with E-state index in [0.717, 1.165) is 38.4 Å². The van der Waals surface area contributed by atoms with Crippen molar-refractivity contribution in [1.29, 1.82) is 0 Å². The van der Waals surface area contributed by atoms with Gasteiger partial charge in [0.1, 0.15) is 5.75 Å². The van der Waals surface area contributed by atoms with Crippen LogP contribution in [0.2, 0.25) is 5.02 Å². The Bertz CT molecular complexity index is 769. The van der Waals surface area contributed by atoms with Gasteiger partial charge in [-0.1, -0.05) is 17.7 Å². The highest BCUT2D eigenvalue weighted by atomic mass is 35.5. The molecule has 128 valence electrons. The smallest absolute Gasteiger partial charge is 0.268 e. The van der Waals surface area contributed by atoms with Gasteiger partial charge in [0.15, 0.2) is 0 Å². The topological polar surface area (TPSA) is 50.6 Å². The average Bonchev–Trinajstić information content (AvgIpc) is 2.58. The van der Waals surface area contributed by atoms with Crippen molar-refractivity contribution in [3.05, 3.63) is 51.4 Å². The quantitative estimate of drug-likeness (QED) is 0.842. The molecule has 24 heavy (non-hydrogen) atoms. The molecule has 1 aromatic heterocycles. The number of halogens is 1. The third-order valence-corrected chi connectivity index (χ3v) is 4.61. The zero-order valence-corrected chi connectivity index (χ0v) is 14.7. The first-order valence-corrected chi connectivity index (χ1v) is 8.27. The molecule has 6 nitrogen and oxygen atoms in total. The number of anilines is 1. The van der Waals surface area contributed by atoms with Gasteiger partial charge in [-0.2, -0.15) is 5.10 Å². The Kier molecular flexibility index (Phi) is 5.06. The number of ether oxygens (including phenoxy) is 1. The molecule has 0 bridgehead atoms. The summed E-state index contributed by atoms with van der Waals surface area (Å²) in [6.45, 7) is 4.46. The normalized spacial score (nSPS) is 15.5. The fraction of sp³-hybridized carbons (Fsp3) is 0.412. The minimum absolute atomic E-state index is 0.0807. The van der Waals surface area contributed by atoms with Gasteiger partial charge < -0.3 is 9.64 Å². The Morgan fingerprint density at radius 3 is 2.58 bits per heavy atom. The Morgan fingerprint density at radius 1 is 1.21 bits per heavy atom. The van der Waals surface area contributed by atoms with Gasteiger partial charge in [0.25, 0.3) is 5.56 Å². The first-order valence-electron chi connectivity index (χ1n) is 7.90. The number of aromatic nitrogens is 2. The predicted octanol–water partition coefficient (Wildman–Crippen LogP) is 1.76. The molecule has 1 aliphatic heterocycles. The van der Waals surface area contributed by atoms with E-state index in [0.29, 0.717) is 10.8 Å². The van der Waals surface area contributed by atoms with Crippen LogP contribution in [0.3, 0.4) is 0 Å². The maximum absolute atomic E-state index is 11.7. The minimum atomic E-state index is -0.0807. The fourth-order valence-corrected chi connectivity index (χ4v) is 3.14. The predicted molar refractivity (Wildman–Crippen MR) is 95.0 cm³/mol. The molecule has 7 heteroatoms. The second-order valence-electron chi connectivity index (χ2n) is 5.91. The summed E-state index contributed by atoms with van der Waals surface area (Å²) in [5.74, 6) is 0.698. The lowest BCUT2D eigenvalue weighted by Crippen LogP contribution is -2.46. The van der Waals surface area contributed by atoms with E-state index in [1.54, 1.807) is 26.4 Å². The monoisotopic (exact) mass is 348 g/mol. The summed E-state index contributed by atoms with van der Waals surface area (Å²) in [5.41, 5.74) is 1.98. The van der Waals surface area contributed by atoms with Gasteiger partial charge in [-0.25, -0.2) is 4.68 Å². The number of hydrogen-bond acceptors (Lipinski definition) is 5. The molecule has 0 saturated carbocycles. The van der Waals surface area contributed by atoms with Crippen LogP contribution in [0.15, 0.2) is 35.3 Å². The second-order valence-corrected chi connectivity index (χ2v) is 6.31. The molecule has 1 fully saturated rings. The van der Waals surface area contributed by atoms with Crippen molar-refractivity contribution in [1.82, 2.24) is 14.7 Å². The molecule has 1 saturated heterocycles. The van der Waals surface area contributed by atoms with Gasteiger partial charge in [-0.05, 0) is 17.7 Å². The minimum Gasteiger partial charge on any atom is -0.495 e. The van der Waals surface area contributed by atoms with Crippen molar-refractivity contribution >= 4 is 17.3 Å². The first kappa shape index (κ1) is 16.8. The van der Waals surface area contributed by atoms with Gasteiger partial charge in [0.05, 0.1) is 24.0 Å². The summed E-state index contributed by atoms with van der Waals surface area (Å²) in [7, 11) is 3.27. The number of aryl methyl sites for hydroxylation is 1. The highest BCUT2D eigenvalue weighted by Crippen LogP contribution is 2.25. The molecule has 0 unspecified atom stereocenters. The van der Waals surface area contributed by atoms with Gasteiger partial charge in [-0.15, -0.1) is 0 Å². The molecule has 1 aliphatic rings. The van der Waals surface area contributed by atoms with Gasteiger partial charge in [-0.3, -0.25) is 9.69 Å². The van der Waals surface area contributed by atoms with Gasteiger partial charge in [0.2, 0.25) is 0 Å². The van der Waals surface area contributed by atoms with Gasteiger partial charge >= 0.3 is 0 Å². The van der Waals surface area contributed by atoms with Crippen LogP contribution in [0.4, 0.5) is 5.69 Å². The van der Waals surface area contributed by atoms with E-state index in [9.17, 15) is 4.79 Å². The molecule has 0 radical (unpaired) electrons. The third-order valence-electron chi connectivity index (χ3n) is 4.31. The Labute approximate surface area is 146 Å². The number of benzene rings is 1. The lowest BCUT2D eigenvalue weighted by molar-refractivity contribution is 0.249. The van der Waals surface area contributed by atoms with Crippen molar-refractivity contribution in [3.8, 4) is 5.75 Å². The van der Waals surface area contributed by atoms with Crippen LogP contribution in [-0.2, 0) is 13.6 Å². The fourth-order valence-electron chi connectivity index (χ4n) is 2.86. The average molecular weight is 349 g/mol. The maximum Gasteiger partial charge on any atom is 0.268 e. The van der Waals surface area contributed by atoms with E-state index in [4.69, 9.17) is 16.3 Å². The molecule has 0 amide bonds. The molecule has 0 atom stereocenters. The Balaban J connectivity index is 1.59. The lowest BCUT2D eigenvalue weighted by atomic mass is 10.2. The summed E-state index contributed by atoms with van der Waals surface area (Å²) in [5, 5.41) is 4.73. The summed E-state index contributed by atoms with van der Waals surface area (Å²) < 4.78 is 6.53. The van der Waals surface area contributed by atoms with Crippen LogP contribution in [-0.4, -0.2) is 48.0 Å². The van der Waals surface area contributed by atoms with Gasteiger partial charge in [0, 0.05) is 45.8 Å². The number of nitrogens with zero attached hydrogens (tertiary/aromatic N) is 4. The Morgan fingerprint density at radius 2 is 1.96 bits per heavy atom. The van der Waals surface area contributed by atoms with Crippen molar-refractivity contribution in [3.63, 3.8) is 0 Å². The standard InChI is InChI=1S/C17H21ClN4O2/c1-20-17(23)10-14(11-19-20)22-7-5-21(6-8-22)12-13-3-4-16(24-2)15(18)9-13/h3-4,9-11H,5-8,12H2,1-2H3. The zero-order valence-electron chi connectivity index (χ0n) is 13.9. The van der Waals surface area contributed by atoms with Crippen LogP contribution in [0.1, 0.15) is 5.56 Å². The zero-order chi connectivity index (χ0) is 17.1. The van der Waals surface area contributed by atoms with E-state index < -0.39 is 0 Å². The molecule has 0 aliphatic carbocycles. The number of piperazine rings is 1. The van der Waals surface area contributed by atoms with E-state index in [1.165, 1.54) is 10.2 Å². The van der Waals surface area contributed by atoms with Crippen molar-refractivity contribution < 1.29 is 4.74 Å². The van der Waals surface area contributed by atoms with E-state index in [-0.39, 0.29) is 5.56 Å². The highest BCUT2D eigenvalue weighted by molar-refractivity contribution is 6.32. The van der Waals surface area contributed by atoms with Crippen LogP contribution in [0.25, 0.3) is 0 Å². The highest BCUT2D eigenvalue weighted by Gasteiger charge is 2.18. The largest absolute Gasteiger partial charge is 0.495 e. The number of hydrogen-bond donors (Lipinski definition) is 0. The lowest BCUT2D eigenvalue weighted by Gasteiger charge is -2.35. The summed E-state index contributed by atoms with van der Waals surface area (Å²) in [4.78, 5) is 16.3. The SMILES string of the molecule is COc1ccc(CN2CCN(c3cnn(C)c(=O)c3)CC2)cc1Cl. The molecule has 0 spiro atoms. The molecule has 1 aromatic carbocycles. The van der Waals surface area contributed by atoms with E-state index in [2.05, 4.69) is 14.9 Å². The Hall–Kier alpha value is -2.05. The van der Waals surface area contributed by atoms with Crippen molar-refractivity contribution in [2.24, 2.45) is 7.05 Å². The van der Waals surface area contributed by atoms with E-state index in [1.807, 2.05) is 18.2 Å². The van der Waals surface area contributed by atoms with Crippen molar-refractivity contribution in [2.45, 2.75) is 6.54 Å². The molecular weight excluding hydrogens is 328 g/mol. The molecule has 3 rings (SSSR count). The first-order chi connectivity index (χ1) is 11.6. The molecule has 2 aromatic rings. The second kappa shape index (κ2) is 7.23. The van der Waals surface area contributed by atoms with Crippen LogP contribution >= 0.6 is 11.6 Å². The van der Waals surface area contributed by atoms with Crippen LogP contribution < -0.4 is 15.2 Å². The number of methoxy groups -OCH3 is 1. The van der Waals surface area contributed by atoms with Crippen molar-refractivity contribution in [2.75, 3.05) is 38.2 Å². The molecular formula is C17H21ClN4O2. The van der Waals surface area contributed by atoms with Crippen LogP contribution in [0, 0.1) is 0 Å². The summed E-state index contributed by atoms with van der Waals surface area (Å²) in [6.07, 6.45) is 1.75. The maximum atomic E-state index is 11.7. The molecule has 0 N–H and O–H groups in total. The van der Waals surface area contributed by atoms with E-state index >= 15 is 0 Å². The third kappa shape index (κ3) is 3.71.